The molecule has 0 spiro atoms. The van der Waals surface area contributed by atoms with Crippen molar-refractivity contribution in [2.45, 2.75) is 25.5 Å². The lowest BCUT2D eigenvalue weighted by atomic mass is 10.1. The fourth-order valence-corrected chi connectivity index (χ4v) is 2.81. The van der Waals surface area contributed by atoms with Gasteiger partial charge in [-0.05, 0) is 18.1 Å². The molecule has 3 nitrogen and oxygen atoms in total. The second-order valence-electron chi connectivity index (χ2n) is 5.41. The van der Waals surface area contributed by atoms with Crippen molar-refractivity contribution in [2.75, 3.05) is 0 Å². The van der Waals surface area contributed by atoms with Gasteiger partial charge in [0.1, 0.15) is 0 Å². The second kappa shape index (κ2) is 5.95. The highest BCUT2D eigenvalue weighted by molar-refractivity contribution is 5.79. The van der Waals surface area contributed by atoms with Crippen molar-refractivity contribution < 1.29 is 9.53 Å². The molecule has 0 bridgehead atoms. The van der Waals surface area contributed by atoms with Crippen molar-refractivity contribution in [3.05, 3.63) is 59.7 Å². The summed E-state index contributed by atoms with van der Waals surface area (Å²) in [7, 11) is 0. The van der Waals surface area contributed by atoms with Crippen molar-refractivity contribution in [1.82, 2.24) is 5.32 Å². The van der Waals surface area contributed by atoms with E-state index in [1.807, 2.05) is 43.3 Å². The van der Waals surface area contributed by atoms with E-state index in [9.17, 15) is 4.79 Å². The summed E-state index contributed by atoms with van der Waals surface area (Å²) >= 11 is 0. The largest absolute Gasteiger partial charge is 0.436 e. The van der Waals surface area contributed by atoms with Crippen LogP contribution < -0.4 is 5.32 Å². The van der Waals surface area contributed by atoms with Crippen LogP contribution in [0, 0.1) is 12.3 Å². The molecule has 0 aromatic heterocycles. The minimum absolute atomic E-state index is 0.107. The molecule has 1 aliphatic carbocycles. The van der Waals surface area contributed by atoms with Crippen LogP contribution in [-0.2, 0) is 4.74 Å². The molecule has 110 valence electrons. The van der Waals surface area contributed by atoms with Crippen LogP contribution in [-0.4, -0.2) is 12.1 Å². The van der Waals surface area contributed by atoms with Crippen LogP contribution in [0.15, 0.2) is 48.5 Å². The summed E-state index contributed by atoms with van der Waals surface area (Å²) in [6.45, 7) is 1.86. The van der Waals surface area contributed by atoms with Gasteiger partial charge in [-0.1, -0.05) is 48.5 Å². The molecule has 1 N–H and O–H groups in total. The number of amides is 1. The van der Waals surface area contributed by atoms with E-state index in [4.69, 9.17) is 11.2 Å². The lowest BCUT2D eigenvalue weighted by Gasteiger charge is -2.17. The fraction of sp³-hybridized carbons (Fsp3) is 0.211. The Kier molecular flexibility index (Phi) is 3.84. The zero-order valence-electron chi connectivity index (χ0n) is 12.4. The number of carbonyl (C=O) groups is 1. The molecule has 0 saturated heterocycles. The highest BCUT2D eigenvalue weighted by Crippen LogP contribution is 2.44. The van der Waals surface area contributed by atoms with Gasteiger partial charge in [0.25, 0.3) is 0 Å². The van der Waals surface area contributed by atoms with E-state index in [0.717, 1.165) is 22.3 Å². The molecule has 0 fully saturated rings. The summed E-state index contributed by atoms with van der Waals surface area (Å²) in [5.41, 5.74) is 4.27. The van der Waals surface area contributed by atoms with Gasteiger partial charge >= 0.3 is 6.09 Å². The molecular weight excluding hydrogens is 274 g/mol. The monoisotopic (exact) mass is 291 g/mol. The summed E-state index contributed by atoms with van der Waals surface area (Å²) in [5, 5.41) is 2.77. The Balaban J connectivity index is 1.85. The average Bonchev–Trinajstić information content (AvgIpc) is 2.82. The molecule has 2 aromatic carbocycles. The van der Waals surface area contributed by atoms with Gasteiger partial charge < -0.3 is 10.1 Å². The zero-order chi connectivity index (χ0) is 15.5. The number of hydrogen-bond donors (Lipinski definition) is 1. The SMILES string of the molecule is C#CCC(C)NC(=O)OC1c2ccccc2-c2ccccc21. The summed E-state index contributed by atoms with van der Waals surface area (Å²) in [5.74, 6) is 2.53. The van der Waals surface area contributed by atoms with Crippen LogP contribution in [0.2, 0.25) is 0 Å². The van der Waals surface area contributed by atoms with Gasteiger partial charge in [0, 0.05) is 23.6 Å². The van der Waals surface area contributed by atoms with E-state index in [1.54, 1.807) is 0 Å². The van der Waals surface area contributed by atoms with Crippen molar-refractivity contribution in [3.8, 4) is 23.5 Å². The first-order valence-electron chi connectivity index (χ1n) is 7.29. The molecule has 0 radical (unpaired) electrons. The van der Waals surface area contributed by atoms with Crippen LogP contribution in [0.3, 0.4) is 0 Å². The molecule has 1 atom stereocenters. The Morgan fingerprint density at radius 1 is 1.18 bits per heavy atom. The topological polar surface area (TPSA) is 38.3 Å². The number of fused-ring (bicyclic) bond motifs is 3. The first-order chi connectivity index (χ1) is 10.7. The normalized spacial score (nSPS) is 13.6. The van der Waals surface area contributed by atoms with Gasteiger partial charge in [0.05, 0.1) is 0 Å². The standard InChI is InChI=1S/C19H17NO2/c1-3-8-13(2)20-19(21)22-18-16-11-6-4-9-14(16)15-10-5-7-12-17(15)18/h1,4-7,9-13,18H,8H2,2H3,(H,20,21). The van der Waals surface area contributed by atoms with Crippen molar-refractivity contribution in [3.63, 3.8) is 0 Å². The molecule has 0 saturated carbocycles. The van der Waals surface area contributed by atoms with Crippen LogP contribution in [0.25, 0.3) is 11.1 Å². The minimum atomic E-state index is -0.445. The minimum Gasteiger partial charge on any atom is -0.436 e. The van der Waals surface area contributed by atoms with Gasteiger partial charge in [0.2, 0.25) is 0 Å². The molecule has 3 heteroatoms. The van der Waals surface area contributed by atoms with Crippen LogP contribution >= 0.6 is 0 Å². The maximum atomic E-state index is 12.1. The molecule has 1 amide bonds. The Morgan fingerprint density at radius 2 is 1.73 bits per heavy atom. The number of benzene rings is 2. The summed E-state index contributed by atoms with van der Waals surface area (Å²) in [4.78, 5) is 12.1. The van der Waals surface area contributed by atoms with Crippen LogP contribution in [0.4, 0.5) is 4.79 Å². The maximum Gasteiger partial charge on any atom is 0.408 e. The maximum absolute atomic E-state index is 12.1. The van der Waals surface area contributed by atoms with Gasteiger partial charge in [0.15, 0.2) is 6.10 Å². The van der Waals surface area contributed by atoms with E-state index in [-0.39, 0.29) is 12.1 Å². The zero-order valence-corrected chi connectivity index (χ0v) is 12.4. The first kappa shape index (κ1) is 14.2. The quantitative estimate of drug-likeness (QED) is 0.871. The molecule has 1 unspecified atom stereocenters. The molecule has 22 heavy (non-hydrogen) atoms. The third-order valence-corrected chi connectivity index (χ3v) is 3.79. The molecule has 3 rings (SSSR count). The Morgan fingerprint density at radius 3 is 2.27 bits per heavy atom. The highest BCUT2D eigenvalue weighted by atomic mass is 16.6. The van der Waals surface area contributed by atoms with E-state index in [2.05, 4.69) is 23.4 Å². The smallest absolute Gasteiger partial charge is 0.408 e. The number of nitrogens with one attached hydrogen (secondary N) is 1. The molecule has 1 aliphatic rings. The number of carbonyl (C=O) groups excluding carboxylic acids is 1. The predicted octanol–water partition coefficient (Wildman–Crippen LogP) is 3.89. The third kappa shape index (κ3) is 2.56. The molecule has 2 aromatic rings. The van der Waals surface area contributed by atoms with E-state index in [1.165, 1.54) is 0 Å². The molecule has 0 aliphatic heterocycles. The highest BCUT2D eigenvalue weighted by Gasteiger charge is 2.31. The molecule has 0 heterocycles. The van der Waals surface area contributed by atoms with Crippen molar-refractivity contribution >= 4 is 6.09 Å². The van der Waals surface area contributed by atoms with Gasteiger partial charge in [-0.15, -0.1) is 12.3 Å². The summed E-state index contributed by atoms with van der Waals surface area (Å²) in [6, 6.07) is 15.9. The third-order valence-electron chi connectivity index (χ3n) is 3.79. The van der Waals surface area contributed by atoms with E-state index < -0.39 is 6.09 Å². The summed E-state index contributed by atoms with van der Waals surface area (Å²) < 4.78 is 5.66. The Bertz CT molecular complexity index is 700. The molecular formula is C19H17NO2. The fourth-order valence-electron chi connectivity index (χ4n) is 2.81. The lowest BCUT2D eigenvalue weighted by Crippen LogP contribution is -2.33. The van der Waals surface area contributed by atoms with Gasteiger partial charge in [-0.3, -0.25) is 0 Å². The van der Waals surface area contributed by atoms with E-state index >= 15 is 0 Å². The van der Waals surface area contributed by atoms with Crippen molar-refractivity contribution in [1.29, 1.82) is 0 Å². The predicted molar refractivity (Wildman–Crippen MR) is 86.2 cm³/mol. The van der Waals surface area contributed by atoms with Gasteiger partial charge in [-0.25, -0.2) is 4.79 Å². The van der Waals surface area contributed by atoms with Crippen LogP contribution in [0.5, 0.6) is 0 Å². The number of rotatable bonds is 3. The number of terminal acetylenes is 1. The number of ether oxygens (including phenoxy) is 1. The second-order valence-corrected chi connectivity index (χ2v) is 5.41. The average molecular weight is 291 g/mol. The lowest BCUT2D eigenvalue weighted by molar-refractivity contribution is 0.115. The Labute approximate surface area is 130 Å². The van der Waals surface area contributed by atoms with Gasteiger partial charge in [-0.2, -0.15) is 0 Å². The number of alkyl carbamates (subject to hydrolysis) is 1. The van der Waals surface area contributed by atoms with Crippen molar-refractivity contribution in [2.24, 2.45) is 0 Å². The number of hydrogen-bond acceptors (Lipinski definition) is 2. The first-order valence-corrected chi connectivity index (χ1v) is 7.29. The Hall–Kier alpha value is -2.73. The van der Waals surface area contributed by atoms with Crippen LogP contribution in [0.1, 0.15) is 30.6 Å². The summed E-state index contributed by atoms with van der Waals surface area (Å²) in [6.07, 6.45) is 4.92. The van der Waals surface area contributed by atoms with E-state index in [0.29, 0.717) is 6.42 Å².